The summed E-state index contributed by atoms with van der Waals surface area (Å²) in [6.45, 7) is 0. The van der Waals surface area contributed by atoms with Gasteiger partial charge in [-0.2, -0.15) is 0 Å². The second kappa shape index (κ2) is 739. The Labute approximate surface area is 3310 Å². The summed E-state index contributed by atoms with van der Waals surface area (Å²) in [6.07, 6.45) is 0. The van der Waals surface area contributed by atoms with E-state index in [1.807, 2.05) is 0 Å². The van der Waals surface area contributed by atoms with Crippen LogP contribution in [0.1, 0.15) is 0 Å². The van der Waals surface area contributed by atoms with Crippen molar-refractivity contribution in [3.8, 4) is 0 Å². The van der Waals surface area contributed by atoms with E-state index in [0.717, 1.165) is 0 Å². The van der Waals surface area contributed by atoms with Crippen LogP contribution in [-0.4, -0.2) is 0 Å². The third kappa shape index (κ3) is 729. The Hall–Kier alpha value is 113. The van der Waals surface area contributed by atoms with Gasteiger partial charge in [0.1, 0.15) is 0 Å². The molecule has 100 heteroatoms. The summed E-state index contributed by atoms with van der Waals surface area (Å²) in [4.78, 5) is 0. The Bertz CT molecular complexity index is 46.9. The molecule has 0 aromatic heterocycles. The minimum atomic E-state index is 0. The fourth-order valence-electron chi connectivity index (χ4n) is 0. The molecule has 0 aliphatic carbocycles. The molecule has 0 atom stereocenters. The summed E-state index contributed by atoms with van der Waals surface area (Å²) < 4.78 is 0. The topological polar surface area (TPSA) is 285 Å². The van der Waals surface area contributed by atoms with E-state index in [4.69, 9.17) is 0 Å². The van der Waals surface area contributed by atoms with E-state index >= 15 is 0 Å². The van der Waals surface area contributed by atoms with E-state index in [0.29, 0.717) is 0 Å². The van der Waals surface area contributed by atoms with Gasteiger partial charge in [0.25, 0.3) is 0 Å². The molecule has 0 saturated heterocycles. The smallest absolute Gasteiger partial charge is 0 e. The van der Waals surface area contributed by atoms with E-state index in [1.165, 1.54) is 0 Å². The molecule has 0 N–H and O–H groups in total. The van der Waals surface area contributed by atoms with Gasteiger partial charge in [-0.3, -0.25) is 0 Å². The molecule has 0 aliphatic rings. The Morgan fingerprint density at radius 2 is 0.0200 bits per heavy atom. The van der Waals surface area contributed by atoms with Crippen molar-refractivity contribution >= 4 is 0 Å². The minimum Gasteiger partial charge on any atom is 0 e. The molecule has 20 radical (unpaired) electrons. The average Bonchev–Trinajstić information content (AvgIpc) is 0. The maximum Gasteiger partial charge on any atom is 0 e. The van der Waals surface area contributed by atoms with Crippen LogP contribution >= 0.6 is 0 Å². The van der Waals surface area contributed by atoms with Crippen LogP contribution in [0, 0.1) is 3400 Å². The van der Waals surface area contributed by atoms with Gasteiger partial charge in [0.15, 0.2) is 0 Å². The molecule has 10 nitrogen and oxygen atoms in total. The van der Waals surface area contributed by atoms with E-state index in [2.05, 4.69) is 0 Å². The van der Waals surface area contributed by atoms with Crippen LogP contribution in [-0.2, 0) is 54.8 Å². The van der Waals surface area contributed by atoms with Gasteiger partial charge in [-0.05, 0) is 0 Å². The molecular formula is Ar90O10. The maximum atomic E-state index is 0. The van der Waals surface area contributed by atoms with Crippen LogP contribution in [0.3, 0.4) is 0 Å². The Balaban J connectivity index is 0. The van der Waals surface area contributed by atoms with Crippen LogP contribution in [0.2, 0.25) is 0 Å². The van der Waals surface area contributed by atoms with Crippen molar-refractivity contribution in [1.82, 2.24) is 0 Å². The molecular weight excluding hydrogens is 3760 g/mol. The maximum absolute atomic E-state index is 0. The number of hydrogen-bond donors (Lipinski definition) is 0. The predicted molar refractivity (Wildman–Crippen MR) is 6.86 cm³/mol. The fourth-order valence-corrected chi connectivity index (χ4v) is 0. The zero-order chi connectivity index (χ0) is 0. The Morgan fingerprint density at radius 1 is 0.0200 bits per heavy atom. The van der Waals surface area contributed by atoms with Crippen LogP contribution < -0.4 is 0 Å². The second-order valence-corrected chi connectivity index (χ2v) is 0. The second-order valence-electron chi connectivity index (χ2n) is 0. The first-order valence-corrected chi connectivity index (χ1v) is 0. The van der Waals surface area contributed by atoms with Crippen LogP contribution in [0.25, 0.3) is 0 Å². The summed E-state index contributed by atoms with van der Waals surface area (Å²) in [5.74, 6) is 0. The van der Waals surface area contributed by atoms with Gasteiger partial charge in [0.05, 0.1) is 0 Å². The van der Waals surface area contributed by atoms with Crippen molar-refractivity contribution in [2.45, 2.75) is 0 Å². The molecule has 0 bridgehead atoms. The van der Waals surface area contributed by atoms with Crippen LogP contribution in [0.15, 0.2) is 0 Å². The SMILES string of the molecule is [Ar].[Ar].[Ar].[Ar].[Ar].[Ar].[Ar].[Ar].[Ar].[Ar].[Ar].[Ar].[Ar].[Ar].[Ar].[Ar].[Ar].[Ar].[Ar].[Ar].[Ar].[Ar].[Ar].[Ar].[Ar].[Ar].[Ar].[Ar].[Ar].[Ar].[Ar].[Ar].[Ar].[Ar].[Ar].[Ar].[Ar].[Ar].[Ar].[Ar].[Ar].[Ar].[Ar].[Ar].[Ar].[Ar].[Ar].[Ar].[Ar].[Ar].[Ar].[Ar].[Ar].[Ar].[Ar].[Ar].[Ar].[Ar].[Ar].[Ar].[Ar].[Ar].[Ar].[Ar].[Ar].[Ar].[Ar].[Ar].[Ar].[Ar].[Ar].[Ar].[Ar].[Ar].[Ar].[Ar].[Ar].[Ar].[Ar].[Ar].[Ar].[Ar].[Ar].[Ar].[Ar].[Ar].[Ar].[Ar].[Ar].[Ar].[O].[O].[O].[O].[O].[O].[O].[O].[O].[O]. The normalized spacial score (nSPS) is 0. The molecule has 0 aromatic rings. The van der Waals surface area contributed by atoms with Crippen molar-refractivity contribution in [2.24, 2.45) is 0 Å². The van der Waals surface area contributed by atoms with Crippen molar-refractivity contribution in [1.29, 1.82) is 0 Å². The first-order valence-electron chi connectivity index (χ1n) is 0. The van der Waals surface area contributed by atoms with Crippen LogP contribution in [0.4, 0.5) is 0 Å². The van der Waals surface area contributed by atoms with Crippen molar-refractivity contribution in [2.75, 3.05) is 0 Å². The summed E-state index contributed by atoms with van der Waals surface area (Å²) in [7, 11) is 0. The molecule has 0 unspecified atom stereocenters. The number of rotatable bonds is 0. The van der Waals surface area contributed by atoms with Gasteiger partial charge in [-0.25, -0.2) is 0 Å². The average molecular weight is 3760 g/mol. The first kappa shape index (κ1) is 750. The summed E-state index contributed by atoms with van der Waals surface area (Å²) in [5, 5.41) is 0. The number of hydrogen-bond acceptors (Lipinski definition) is 0. The Kier molecular flexibility index (Phi) is 5540. The standard InChI is InChI=1S/90Ar.10O. The zero-order valence-electron chi connectivity index (χ0n) is 35.9. The first-order chi connectivity index (χ1) is 0. The molecule has 0 rings (SSSR count). The molecule has 100 heavy (non-hydrogen) atoms. The molecule has 0 amide bonds. The molecule has 0 saturated carbocycles. The van der Waals surface area contributed by atoms with Crippen molar-refractivity contribution < 1.29 is 3450 Å². The van der Waals surface area contributed by atoms with Gasteiger partial charge in [-0.1, -0.05) is 0 Å². The van der Waals surface area contributed by atoms with E-state index in [-0.39, 0.29) is 3450 Å². The third-order valence-corrected chi connectivity index (χ3v) is 0. The molecule has 780 valence electrons. The van der Waals surface area contributed by atoms with Gasteiger partial charge in [-0.15, -0.1) is 0 Å². The third-order valence-electron chi connectivity index (χ3n) is 0. The summed E-state index contributed by atoms with van der Waals surface area (Å²) >= 11 is 0. The molecule has 0 heterocycles. The summed E-state index contributed by atoms with van der Waals surface area (Å²) in [6, 6.07) is 0. The van der Waals surface area contributed by atoms with E-state index < -0.39 is 0 Å². The zero-order valence-corrected chi connectivity index (χ0v) is 99.5. The van der Waals surface area contributed by atoms with Gasteiger partial charge in [0, 0.05) is 3450 Å². The molecule has 0 aliphatic heterocycles. The minimum absolute atomic E-state index is 0. The molecule has 0 aromatic carbocycles. The summed E-state index contributed by atoms with van der Waals surface area (Å²) in [5.41, 5.74) is 0. The van der Waals surface area contributed by atoms with Gasteiger partial charge >= 0.3 is 0 Å². The van der Waals surface area contributed by atoms with Crippen LogP contribution in [0.5, 0.6) is 0 Å². The van der Waals surface area contributed by atoms with Gasteiger partial charge in [0.2, 0.25) is 0 Å². The molecule has 0 spiro atoms. The fraction of sp³-hybridized carbons (Fsp3) is 0. The van der Waals surface area contributed by atoms with E-state index in [1.54, 1.807) is 0 Å². The monoisotopic (exact) mass is 3760 g/mol. The predicted octanol–water partition coefficient (Wildman–Crippen LogP) is -1.19. The van der Waals surface area contributed by atoms with Gasteiger partial charge < -0.3 is 0 Å². The Morgan fingerprint density at radius 3 is 0.0200 bits per heavy atom. The van der Waals surface area contributed by atoms with Crippen molar-refractivity contribution in [3.63, 3.8) is 0 Å². The largest absolute Gasteiger partial charge is 0 e. The van der Waals surface area contributed by atoms with Crippen molar-refractivity contribution in [3.05, 3.63) is 0 Å². The molecule has 0 fully saturated rings. The van der Waals surface area contributed by atoms with E-state index in [9.17, 15) is 0 Å². The quantitative estimate of drug-likeness (QED) is 0.277.